The molecule has 1 fully saturated rings. The van der Waals surface area contributed by atoms with Gasteiger partial charge in [0.15, 0.2) is 5.69 Å². The first-order valence-corrected chi connectivity index (χ1v) is 10.9. The summed E-state index contributed by atoms with van der Waals surface area (Å²) < 4.78 is 17.2. The van der Waals surface area contributed by atoms with Gasteiger partial charge in [0.25, 0.3) is 11.5 Å². The fourth-order valence-electron chi connectivity index (χ4n) is 3.82. The minimum absolute atomic E-state index is 0.00768. The van der Waals surface area contributed by atoms with Crippen LogP contribution >= 0.6 is 0 Å². The number of hydrogen-bond acceptors (Lipinski definition) is 7. The van der Waals surface area contributed by atoms with E-state index in [0.717, 1.165) is 17.5 Å². The van der Waals surface area contributed by atoms with Gasteiger partial charge in [-0.1, -0.05) is 18.2 Å². The molecule has 10 nitrogen and oxygen atoms in total. The summed E-state index contributed by atoms with van der Waals surface area (Å²) in [6.07, 6.45) is 1.89. The Bertz CT molecular complexity index is 1270. The maximum Gasteiger partial charge on any atom is 0.279 e. The van der Waals surface area contributed by atoms with Gasteiger partial charge >= 0.3 is 0 Å². The van der Waals surface area contributed by atoms with Gasteiger partial charge in [-0.05, 0) is 31.0 Å². The first-order chi connectivity index (χ1) is 16.5. The zero-order valence-electron chi connectivity index (χ0n) is 19.0. The zero-order valence-corrected chi connectivity index (χ0v) is 19.0. The normalized spacial score (nSPS) is 15.2. The number of amides is 2. The Hall–Kier alpha value is -3.92. The monoisotopic (exact) mass is 466 g/mol. The smallest absolute Gasteiger partial charge is 0.279 e. The van der Waals surface area contributed by atoms with E-state index in [2.05, 4.69) is 15.7 Å². The second kappa shape index (κ2) is 10.3. The van der Waals surface area contributed by atoms with Gasteiger partial charge in [-0.15, -0.1) is 0 Å². The molecule has 1 aliphatic heterocycles. The second-order valence-corrected chi connectivity index (χ2v) is 7.77. The van der Waals surface area contributed by atoms with Gasteiger partial charge in [0.05, 0.1) is 32.3 Å². The van der Waals surface area contributed by atoms with Gasteiger partial charge in [0, 0.05) is 24.6 Å². The van der Waals surface area contributed by atoms with E-state index in [1.807, 2.05) is 0 Å². The van der Waals surface area contributed by atoms with E-state index in [4.69, 9.17) is 14.2 Å². The van der Waals surface area contributed by atoms with Crippen LogP contribution in [0, 0.1) is 0 Å². The SMILES string of the molecule is COc1ccc(-n2nc(C(=O)NCC(=O)NC[C@@H]3CCCO3)c3ccccc3c2=O)c(OC)c1. The largest absolute Gasteiger partial charge is 0.497 e. The molecule has 2 amide bonds. The molecule has 1 aromatic heterocycles. The molecule has 0 aliphatic carbocycles. The van der Waals surface area contributed by atoms with Crippen LogP contribution in [0.3, 0.4) is 0 Å². The van der Waals surface area contributed by atoms with Crippen molar-refractivity contribution < 1.29 is 23.8 Å². The number of ether oxygens (including phenoxy) is 3. The fraction of sp³-hybridized carbons (Fsp3) is 0.333. The average Bonchev–Trinajstić information content (AvgIpc) is 3.40. The Kier molecular flexibility index (Phi) is 7.07. The van der Waals surface area contributed by atoms with E-state index in [1.165, 1.54) is 14.2 Å². The third-order valence-corrected chi connectivity index (χ3v) is 5.60. The number of hydrogen-bond donors (Lipinski definition) is 2. The van der Waals surface area contributed by atoms with Crippen LogP contribution in [-0.2, 0) is 9.53 Å². The molecule has 4 rings (SSSR count). The van der Waals surface area contributed by atoms with E-state index >= 15 is 0 Å². The van der Waals surface area contributed by atoms with E-state index in [1.54, 1.807) is 42.5 Å². The van der Waals surface area contributed by atoms with Crippen LogP contribution in [0.25, 0.3) is 16.5 Å². The lowest BCUT2D eigenvalue weighted by molar-refractivity contribution is -0.120. The van der Waals surface area contributed by atoms with E-state index < -0.39 is 11.5 Å². The van der Waals surface area contributed by atoms with Crippen LogP contribution in [0.4, 0.5) is 0 Å². The molecule has 2 heterocycles. The van der Waals surface area contributed by atoms with Crippen LogP contribution in [0.2, 0.25) is 0 Å². The highest BCUT2D eigenvalue weighted by atomic mass is 16.5. The molecule has 10 heteroatoms. The Morgan fingerprint density at radius 1 is 1.12 bits per heavy atom. The van der Waals surface area contributed by atoms with Gasteiger partial charge in [-0.2, -0.15) is 9.78 Å². The van der Waals surface area contributed by atoms with Crippen molar-refractivity contribution in [3.8, 4) is 17.2 Å². The van der Waals surface area contributed by atoms with E-state index in [0.29, 0.717) is 41.1 Å². The lowest BCUT2D eigenvalue weighted by atomic mass is 10.1. The van der Waals surface area contributed by atoms with Crippen molar-refractivity contribution in [2.24, 2.45) is 0 Å². The van der Waals surface area contributed by atoms with Gasteiger partial charge in [-0.25, -0.2) is 0 Å². The maximum atomic E-state index is 13.2. The van der Waals surface area contributed by atoms with E-state index in [-0.39, 0.29) is 24.2 Å². The topological polar surface area (TPSA) is 121 Å². The first kappa shape index (κ1) is 23.2. The highest BCUT2D eigenvalue weighted by molar-refractivity contribution is 6.05. The van der Waals surface area contributed by atoms with Crippen LogP contribution < -0.4 is 25.7 Å². The van der Waals surface area contributed by atoms with Crippen molar-refractivity contribution in [2.45, 2.75) is 18.9 Å². The Morgan fingerprint density at radius 3 is 2.62 bits per heavy atom. The van der Waals surface area contributed by atoms with Crippen molar-refractivity contribution in [3.05, 3.63) is 58.5 Å². The fourth-order valence-corrected chi connectivity index (χ4v) is 3.82. The molecule has 0 bridgehead atoms. The van der Waals surface area contributed by atoms with Gasteiger partial charge in [-0.3, -0.25) is 14.4 Å². The lowest BCUT2D eigenvalue weighted by Gasteiger charge is -2.14. The van der Waals surface area contributed by atoms with Crippen molar-refractivity contribution in [3.63, 3.8) is 0 Å². The highest BCUT2D eigenvalue weighted by Gasteiger charge is 2.21. The molecule has 34 heavy (non-hydrogen) atoms. The molecule has 0 unspecified atom stereocenters. The predicted octanol–water partition coefficient (Wildman–Crippen LogP) is 1.43. The van der Waals surface area contributed by atoms with Crippen molar-refractivity contribution in [1.82, 2.24) is 20.4 Å². The summed E-state index contributed by atoms with van der Waals surface area (Å²) >= 11 is 0. The van der Waals surface area contributed by atoms with Crippen molar-refractivity contribution in [2.75, 3.05) is 33.9 Å². The molecular weight excluding hydrogens is 440 g/mol. The molecule has 0 radical (unpaired) electrons. The summed E-state index contributed by atoms with van der Waals surface area (Å²) in [5.74, 6) is -0.0199. The minimum atomic E-state index is -0.579. The van der Waals surface area contributed by atoms with Crippen molar-refractivity contribution >= 4 is 22.6 Å². The quantitative estimate of drug-likeness (QED) is 0.515. The van der Waals surface area contributed by atoms with Crippen LogP contribution in [-0.4, -0.2) is 61.6 Å². The summed E-state index contributed by atoms with van der Waals surface area (Å²) in [6, 6.07) is 11.6. The molecule has 1 saturated heterocycles. The number of fused-ring (bicyclic) bond motifs is 1. The van der Waals surface area contributed by atoms with Crippen LogP contribution in [0.5, 0.6) is 11.5 Å². The summed E-state index contributed by atoms with van der Waals surface area (Å²) in [5.41, 5.74) is -0.0488. The number of aromatic nitrogens is 2. The third-order valence-electron chi connectivity index (χ3n) is 5.60. The summed E-state index contributed by atoms with van der Waals surface area (Å²) in [4.78, 5) is 38.4. The van der Waals surface area contributed by atoms with E-state index in [9.17, 15) is 14.4 Å². The molecule has 178 valence electrons. The van der Waals surface area contributed by atoms with Gasteiger partial charge in [0.2, 0.25) is 5.91 Å². The number of benzene rings is 2. The number of methoxy groups -OCH3 is 2. The molecular formula is C24H26N4O6. The third kappa shape index (κ3) is 4.86. The number of carbonyl (C=O) groups is 2. The highest BCUT2D eigenvalue weighted by Crippen LogP contribution is 2.27. The number of nitrogens with one attached hydrogen (secondary N) is 2. The number of rotatable bonds is 8. The molecule has 2 N–H and O–H groups in total. The summed E-state index contributed by atoms with van der Waals surface area (Å²) in [6.45, 7) is 0.870. The molecule has 1 atom stereocenters. The first-order valence-electron chi connectivity index (χ1n) is 10.9. The molecule has 0 saturated carbocycles. The Balaban J connectivity index is 1.62. The maximum absolute atomic E-state index is 13.2. The average molecular weight is 466 g/mol. The van der Waals surface area contributed by atoms with Crippen molar-refractivity contribution in [1.29, 1.82) is 0 Å². The summed E-state index contributed by atoms with van der Waals surface area (Å²) in [7, 11) is 2.99. The molecule has 3 aromatic rings. The van der Waals surface area contributed by atoms with Crippen LogP contribution in [0.1, 0.15) is 23.3 Å². The minimum Gasteiger partial charge on any atom is -0.497 e. The molecule has 2 aromatic carbocycles. The number of carbonyl (C=O) groups excluding carboxylic acids is 2. The Morgan fingerprint density at radius 2 is 1.91 bits per heavy atom. The predicted molar refractivity (Wildman–Crippen MR) is 125 cm³/mol. The summed E-state index contributed by atoms with van der Waals surface area (Å²) in [5, 5.41) is 10.4. The Labute approximate surface area is 195 Å². The molecule has 0 spiro atoms. The van der Waals surface area contributed by atoms with Crippen LogP contribution in [0.15, 0.2) is 47.3 Å². The number of nitrogens with zero attached hydrogens (tertiary/aromatic N) is 2. The van der Waals surface area contributed by atoms with Gasteiger partial charge < -0.3 is 24.8 Å². The lowest BCUT2D eigenvalue weighted by Crippen LogP contribution is -2.40. The standard InChI is InChI=1S/C24H26N4O6/c1-32-15-9-10-19(20(12-15)33-2)28-24(31)18-8-4-3-7-17(18)22(27-28)23(30)26-14-21(29)25-13-16-6-5-11-34-16/h3-4,7-10,12,16H,5-6,11,13-14H2,1-2H3,(H,25,29)(H,26,30)/t16-/m0/s1. The van der Waals surface area contributed by atoms with Gasteiger partial charge in [0.1, 0.15) is 17.2 Å². The molecule has 1 aliphatic rings. The zero-order chi connectivity index (χ0) is 24.1. The second-order valence-electron chi connectivity index (χ2n) is 7.77.